The molecule has 2 rings (SSSR count). The predicted molar refractivity (Wildman–Crippen MR) is 57.8 cm³/mol. The molecule has 13 heavy (non-hydrogen) atoms. The second-order valence-corrected chi connectivity index (χ2v) is 4.12. The van der Waals surface area contributed by atoms with Gasteiger partial charge in [-0.15, -0.1) is 0 Å². The molecule has 2 heterocycles. The number of hydrogen-bond acceptors (Lipinski definition) is 3. The maximum atomic E-state index is 5.62. The van der Waals surface area contributed by atoms with Crippen LogP contribution in [0, 0.1) is 0 Å². The summed E-state index contributed by atoms with van der Waals surface area (Å²) in [6.07, 6.45) is 4.23. The lowest BCUT2D eigenvalue weighted by Crippen LogP contribution is -2.19. The SMILES string of the molecule is Nc1cnc(N2CCCC2)c(Br)c1. The van der Waals surface area contributed by atoms with Crippen molar-refractivity contribution in [3.63, 3.8) is 0 Å². The fraction of sp³-hybridized carbons (Fsp3) is 0.444. The van der Waals surface area contributed by atoms with Crippen molar-refractivity contribution in [1.82, 2.24) is 4.98 Å². The number of hydrogen-bond donors (Lipinski definition) is 1. The van der Waals surface area contributed by atoms with Gasteiger partial charge in [-0.05, 0) is 34.8 Å². The normalized spacial score (nSPS) is 16.5. The van der Waals surface area contributed by atoms with Crippen molar-refractivity contribution in [1.29, 1.82) is 0 Å². The first-order valence-electron chi connectivity index (χ1n) is 4.43. The van der Waals surface area contributed by atoms with Crippen molar-refractivity contribution in [3.05, 3.63) is 16.7 Å². The van der Waals surface area contributed by atoms with Crippen LogP contribution in [0.1, 0.15) is 12.8 Å². The molecule has 1 aliphatic rings. The van der Waals surface area contributed by atoms with Gasteiger partial charge in [0.05, 0.1) is 16.4 Å². The van der Waals surface area contributed by atoms with E-state index in [0.717, 1.165) is 23.4 Å². The topological polar surface area (TPSA) is 42.1 Å². The van der Waals surface area contributed by atoms with E-state index in [2.05, 4.69) is 25.8 Å². The standard InChI is InChI=1S/C9H12BrN3/c10-8-5-7(11)6-12-9(8)13-3-1-2-4-13/h5-6H,1-4,11H2. The number of nitrogens with zero attached hydrogens (tertiary/aromatic N) is 2. The number of nitrogen functional groups attached to an aromatic ring is 1. The minimum absolute atomic E-state index is 0.704. The van der Waals surface area contributed by atoms with Gasteiger partial charge in [0.1, 0.15) is 5.82 Å². The number of pyridine rings is 1. The Hall–Kier alpha value is -0.770. The lowest BCUT2D eigenvalue weighted by molar-refractivity contribution is 0.933. The van der Waals surface area contributed by atoms with Crippen molar-refractivity contribution in [2.75, 3.05) is 23.7 Å². The summed E-state index contributed by atoms with van der Waals surface area (Å²) in [5.74, 6) is 1.02. The summed E-state index contributed by atoms with van der Waals surface area (Å²) in [5.41, 5.74) is 6.32. The average Bonchev–Trinajstić information content (AvgIpc) is 2.56. The lowest BCUT2D eigenvalue weighted by atomic mass is 10.4. The molecule has 1 aromatic rings. The monoisotopic (exact) mass is 241 g/mol. The zero-order valence-electron chi connectivity index (χ0n) is 7.33. The maximum Gasteiger partial charge on any atom is 0.143 e. The summed E-state index contributed by atoms with van der Waals surface area (Å²) >= 11 is 3.47. The van der Waals surface area contributed by atoms with Crippen LogP contribution in [0.15, 0.2) is 16.7 Å². The van der Waals surface area contributed by atoms with E-state index < -0.39 is 0 Å². The molecular weight excluding hydrogens is 230 g/mol. The molecule has 0 radical (unpaired) electrons. The Kier molecular flexibility index (Phi) is 2.40. The van der Waals surface area contributed by atoms with Gasteiger partial charge in [0.2, 0.25) is 0 Å². The lowest BCUT2D eigenvalue weighted by Gasteiger charge is -2.17. The van der Waals surface area contributed by atoms with Crippen LogP contribution < -0.4 is 10.6 Å². The van der Waals surface area contributed by atoms with Crippen LogP contribution in [0.5, 0.6) is 0 Å². The van der Waals surface area contributed by atoms with E-state index in [1.165, 1.54) is 12.8 Å². The Bertz CT molecular complexity index is 308. The first kappa shape index (κ1) is 8.81. The summed E-state index contributed by atoms with van der Waals surface area (Å²) < 4.78 is 0.995. The van der Waals surface area contributed by atoms with Crippen LogP contribution in [-0.2, 0) is 0 Å². The molecule has 4 heteroatoms. The van der Waals surface area contributed by atoms with E-state index >= 15 is 0 Å². The molecule has 0 unspecified atom stereocenters. The predicted octanol–water partition coefficient (Wildman–Crippen LogP) is 2.03. The van der Waals surface area contributed by atoms with E-state index in [0.29, 0.717) is 5.69 Å². The van der Waals surface area contributed by atoms with Gasteiger partial charge in [0.25, 0.3) is 0 Å². The Morgan fingerprint density at radius 3 is 2.69 bits per heavy atom. The molecular formula is C9H12BrN3. The Morgan fingerprint density at radius 2 is 2.08 bits per heavy atom. The van der Waals surface area contributed by atoms with Gasteiger partial charge in [-0.3, -0.25) is 0 Å². The molecule has 0 atom stereocenters. The minimum atomic E-state index is 0.704. The minimum Gasteiger partial charge on any atom is -0.397 e. The molecule has 1 aromatic heterocycles. The number of aromatic nitrogens is 1. The molecule has 1 aliphatic heterocycles. The number of anilines is 2. The largest absolute Gasteiger partial charge is 0.397 e. The highest BCUT2D eigenvalue weighted by Crippen LogP contribution is 2.27. The van der Waals surface area contributed by atoms with Gasteiger partial charge in [0.15, 0.2) is 0 Å². The van der Waals surface area contributed by atoms with Gasteiger partial charge in [-0.2, -0.15) is 0 Å². The average molecular weight is 242 g/mol. The van der Waals surface area contributed by atoms with Crippen molar-refractivity contribution in [2.24, 2.45) is 0 Å². The van der Waals surface area contributed by atoms with Crippen LogP contribution in [-0.4, -0.2) is 18.1 Å². The van der Waals surface area contributed by atoms with E-state index in [1.807, 2.05) is 6.07 Å². The van der Waals surface area contributed by atoms with Crippen molar-refractivity contribution in [3.8, 4) is 0 Å². The number of nitrogens with two attached hydrogens (primary N) is 1. The highest BCUT2D eigenvalue weighted by atomic mass is 79.9. The van der Waals surface area contributed by atoms with E-state index in [1.54, 1.807) is 6.20 Å². The molecule has 1 saturated heterocycles. The van der Waals surface area contributed by atoms with Crippen LogP contribution in [0.4, 0.5) is 11.5 Å². The van der Waals surface area contributed by atoms with Crippen LogP contribution in [0.3, 0.4) is 0 Å². The third-order valence-corrected chi connectivity index (χ3v) is 2.83. The highest BCUT2D eigenvalue weighted by molar-refractivity contribution is 9.10. The van der Waals surface area contributed by atoms with Gasteiger partial charge in [0, 0.05) is 13.1 Å². The third-order valence-electron chi connectivity index (χ3n) is 2.25. The summed E-state index contributed by atoms with van der Waals surface area (Å²) in [4.78, 5) is 6.60. The van der Waals surface area contributed by atoms with Gasteiger partial charge < -0.3 is 10.6 Å². The molecule has 1 fully saturated rings. The molecule has 3 nitrogen and oxygen atoms in total. The second-order valence-electron chi connectivity index (χ2n) is 3.27. The van der Waals surface area contributed by atoms with E-state index in [-0.39, 0.29) is 0 Å². The first-order chi connectivity index (χ1) is 6.27. The molecule has 0 saturated carbocycles. The molecule has 0 amide bonds. The van der Waals surface area contributed by atoms with Crippen LogP contribution in [0.2, 0.25) is 0 Å². The van der Waals surface area contributed by atoms with Gasteiger partial charge in [-0.25, -0.2) is 4.98 Å². The van der Waals surface area contributed by atoms with E-state index in [4.69, 9.17) is 5.73 Å². The summed E-state index contributed by atoms with van der Waals surface area (Å²) in [7, 11) is 0. The maximum absolute atomic E-state index is 5.62. The molecule has 70 valence electrons. The molecule has 0 spiro atoms. The Labute approximate surface area is 86.1 Å². The Morgan fingerprint density at radius 1 is 1.38 bits per heavy atom. The van der Waals surface area contributed by atoms with Crippen LogP contribution >= 0.6 is 15.9 Å². The van der Waals surface area contributed by atoms with Gasteiger partial charge in [-0.1, -0.05) is 0 Å². The summed E-state index contributed by atoms with van der Waals surface area (Å²) in [5, 5.41) is 0. The van der Waals surface area contributed by atoms with Crippen molar-refractivity contribution in [2.45, 2.75) is 12.8 Å². The molecule has 0 aliphatic carbocycles. The van der Waals surface area contributed by atoms with E-state index in [9.17, 15) is 0 Å². The second kappa shape index (κ2) is 3.54. The third kappa shape index (κ3) is 1.77. The Balaban J connectivity index is 2.29. The zero-order valence-corrected chi connectivity index (χ0v) is 8.92. The zero-order chi connectivity index (χ0) is 9.26. The number of rotatable bonds is 1. The molecule has 0 aromatic carbocycles. The summed E-state index contributed by atoms with van der Waals surface area (Å²) in [6, 6.07) is 1.90. The highest BCUT2D eigenvalue weighted by Gasteiger charge is 2.15. The summed E-state index contributed by atoms with van der Waals surface area (Å²) in [6.45, 7) is 2.21. The fourth-order valence-corrected chi connectivity index (χ4v) is 2.22. The fourth-order valence-electron chi connectivity index (χ4n) is 1.61. The molecule has 0 bridgehead atoms. The smallest absolute Gasteiger partial charge is 0.143 e. The van der Waals surface area contributed by atoms with Gasteiger partial charge >= 0.3 is 0 Å². The molecule has 2 N–H and O–H groups in total. The van der Waals surface area contributed by atoms with Crippen molar-refractivity contribution >= 4 is 27.4 Å². The van der Waals surface area contributed by atoms with Crippen LogP contribution in [0.25, 0.3) is 0 Å². The quantitative estimate of drug-likeness (QED) is 0.819. The van der Waals surface area contributed by atoms with Crippen molar-refractivity contribution < 1.29 is 0 Å². The first-order valence-corrected chi connectivity index (χ1v) is 5.22. The number of halogens is 1.